The zero-order valence-corrected chi connectivity index (χ0v) is 15.6. The predicted octanol–water partition coefficient (Wildman–Crippen LogP) is 1.50. The topological polar surface area (TPSA) is 77.1 Å². The van der Waals surface area contributed by atoms with E-state index in [9.17, 15) is 5.11 Å². The van der Waals surface area contributed by atoms with Crippen molar-refractivity contribution >= 4 is 16.3 Å². The number of thiazole rings is 1. The minimum atomic E-state index is -0.0274. The fraction of sp³-hybridized carbons (Fsp3) is 0.444. The molecule has 0 aliphatic carbocycles. The van der Waals surface area contributed by atoms with Crippen LogP contribution in [0.2, 0.25) is 0 Å². The molecule has 3 aromatic rings. The van der Waals surface area contributed by atoms with Crippen LogP contribution in [0.25, 0.3) is 4.96 Å². The van der Waals surface area contributed by atoms with Gasteiger partial charge in [0.2, 0.25) is 10.8 Å². The number of rotatable bonds is 5. The average Bonchev–Trinajstić information content (AvgIpc) is 3.22. The van der Waals surface area contributed by atoms with Crippen LogP contribution in [0.5, 0.6) is 5.88 Å². The largest absolute Gasteiger partial charge is 0.492 e. The highest BCUT2D eigenvalue weighted by atomic mass is 32.1. The third kappa shape index (κ3) is 3.21. The van der Waals surface area contributed by atoms with Crippen molar-refractivity contribution in [1.82, 2.24) is 24.4 Å². The smallest absolute Gasteiger partial charge is 0.230 e. The van der Waals surface area contributed by atoms with Gasteiger partial charge in [-0.3, -0.25) is 9.80 Å². The predicted molar refractivity (Wildman–Crippen MR) is 101 cm³/mol. The number of aryl methyl sites for hydroxylation is 1. The molecule has 1 fully saturated rings. The summed E-state index contributed by atoms with van der Waals surface area (Å²) in [5, 5.41) is 24.0. The highest BCUT2D eigenvalue weighted by Crippen LogP contribution is 2.39. The summed E-state index contributed by atoms with van der Waals surface area (Å²) >= 11 is 1.49. The molecule has 1 aliphatic rings. The van der Waals surface area contributed by atoms with Gasteiger partial charge in [-0.2, -0.15) is 9.61 Å². The monoisotopic (exact) mass is 373 g/mol. The Bertz CT molecular complexity index is 867. The summed E-state index contributed by atoms with van der Waals surface area (Å²) in [5.41, 5.74) is 2.37. The summed E-state index contributed by atoms with van der Waals surface area (Å²) in [5.74, 6) is 0.172. The summed E-state index contributed by atoms with van der Waals surface area (Å²) in [6.07, 6.45) is 1.46. The van der Waals surface area contributed by atoms with Crippen molar-refractivity contribution in [3.8, 4) is 5.88 Å². The molecule has 8 heteroatoms. The molecular formula is C18H23N5O2S. The molecule has 0 bridgehead atoms. The minimum Gasteiger partial charge on any atom is -0.492 e. The lowest BCUT2D eigenvalue weighted by molar-refractivity contribution is 0.0945. The first kappa shape index (κ1) is 17.4. The molecule has 1 atom stereocenters. The summed E-state index contributed by atoms with van der Waals surface area (Å²) in [6.45, 7) is 6.56. The number of aromatic nitrogens is 3. The van der Waals surface area contributed by atoms with Gasteiger partial charge < -0.3 is 10.2 Å². The molecular weight excluding hydrogens is 350 g/mol. The standard InChI is InChI=1S/C18H23N5O2S/c1-13-2-4-14(5-3-13)15(22-8-6-21(7-9-22)10-11-24)16-17(25)23-18(26-16)19-12-20-23/h2-5,12,15,24-25H,6-11H2,1H3. The van der Waals surface area contributed by atoms with E-state index in [4.69, 9.17) is 5.11 Å². The molecule has 7 nitrogen and oxygen atoms in total. The van der Waals surface area contributed by atoms with E-state index in [0.717, 1.165) is 36.6 Å². The number of aliphatic hydroxyl groups is 1. The highest BCUT2D eigenvalue weighted by Gasteiger charge is 2.31. The van der Waals surface area contributed by atoms with Gasteiger partial charge in [0, 0.05) is 32.7 Å². The fourth-order valence-electron chi connectivity index (χ4n) is 3.54. The van der Waals surface area contributed by atoms with Crippen molar-refractivity contribution in [1.29, 1.82) is 0 Å². The number of β-amino-alcohol motifs (C(OH)–C–C–N with tert-alkyl or cyclic N) is 1. The Morgan fingerprint density at radius 1 is 1.15 bits per heavy atom. The molecule has 1 aliphatic heterocycles. The molecule has 0 saturated carbocycles. The average molecular weight is 373 g/mol. The number of aliphatic hydroxyl groups excluding tert-OH is 1. The van der Waals surface area contributed by atoms with Crippen LogP contribution in [0.1, 0.15) is 22.0 Å². The molecule has 2 N–H and O–H groups in total. The van der Waals surface area contributed by atoms with E-state index in [1.54, 1.807) is 0 Å². The summed E-state index contributed by atoms with van der Waals surface area (Å²) in [4.78, 5) is 10.5. The zero-order valence-electron chi connectivity index (χ0n) is 14.7. The number of fused-ring (bicyclic) bond motifs is 1. The van der Waals surface area contributed by atoms with Crippen molar-refractivity contribution in [3.05, 3.63) is 46.6 Å². The van der Waals surface area contributed by atoms with Gasteiger partial charge in [0.25, 0.3) is 0 Å². The summed E-state index contributed by atoms with van der Waals surface area (Å²) in [6, 6.07) is 8.46. The Hall–Kier alpha value is -2.00. The quantitative estimate of drug-likeness (QED) is 0.706. The second-order valence-corrected chi connectivity index (χ2v) is 7.67. The SMILES string of the molecule is Cc1ccc(C(c2sc3ncnn3c2O)N2CCN(CCO)CC2)cc1. The van der Waals surface area contributed by atoms with Crippen LogP contribution in [0.4, 0.5) is 0 Å². The van der Waals surface area contributed by atoms with E-state index in [-0.39, 0.29) is 18.5 Å². The molecule has 4 rings (SSSR count). The van der Waals surface area contributed by atoms with E-state index in [1.165, 1.54) is 27.7 Å². The first-order valence-corrected chi connectivity index (χ1v) is 9.64. The third-order valence-electron chi connectivity index (χ3n) is 4.97. The van der Waals surface area contributed by atoms with Crippen molar-refractivity contribution < 1.29 is 10.2 Å². The van der Waals surface area contributed by atoms with Crippen molar-refractivity contribution in [2.24, 2.45) is 0 Å². The third-order valence-corrected chi connectivity index (χ3v) is 6.06. The van der Waals surface area contributed by atoms with Gasteiger partial charge in [-0.15, -0.1) is 0 Å². The Kier molecular flexibility index (Phi) is 4.90. The molecule has 0 spiro atoms. The number of piperazine rings is 1. The molecule has 1 unspecified atom stereocenters. The van der Waals surface area contributed by atoms with Gasteiger partial charge in [-0.25, -0.2) is 4.98 Å². The molecule has 0 radical (unpaired) electrons. The fourth-order valence-corrected chi connectivity index (χ4v) is 4.63. The van der Waals surface area contributed by atoms with Crippen LogP contribution in [0, 0.1) is 6.92 Å². The molecule has 1 aromatic carbocycles. The van der Waals surface area contributed by atoms with Crippen molar-refractivity contribution in [3.63, 3.8) is 0 Å². The number of hydrogen-bond acceptors (Lipinski definition) is 7. The van der Waals surface area contributed by atoms with E-state index < -0.39 is 0 Å². The Labute approximate surface area is 156 Å². The van der Waals surface area contributed by atoms with E-state index >= 15 is 0 Å². The number of aromatic hydroxyl groups is 1. The highest BCUT2D eigenvalue weighted by molar-refractivity contribution is 7.17. The summed E-state index contributed by atoms with van der Waals surface area (Å²) in [7, 11) is 0. The first-order chi connectivity index (χ1) is 12.7. The lowest BCUT2D eigenvalue weighted by Crippen LogP contribution is -2.48. The van der Waals surface area contributed by atoms with Gasteiger partial charge in [-0.05, 0) is 12.5 Å². The normalized spacial score (nSPS) is 17.8. The van der Waals surface area contributed by atoms with Crippen LogP contribution >= 0.6 is 11.3 Å². The molecule has 138 valence electrons. The Morgan fingerprint density at radius 2 is 1.88 bits per heavy atom. The van der Waals surface area contributed by atoms with Gasteiger partial charge in [0.05, 0.1) is 17.5 Å². The second kappa shape index (κ2) is 7.32. The van der Waals surface area contributed by atoms with Crippen LogP contribution in [-0.2, 0) is 0 Å². The molecule has 3 heterocycles. The lowest BCUT2D eigenvalue weighted by Gasteiger charge is -2.39. The first-order valence-electron chi connectivity index (χ1n) is 8.82. The zero-order chi connectivity index (χ0) is 18.1. The molecule has 0 amide bonds. The van der Waals surface area contributed by atoms with Gasteiger partial charge in [0.1, 0.15) is 6.33 Å². The maximum absolute atomic E-state index is 10.7. The maximum Gasteiger partial charge on any atom is 0.230 e. The molecule has 2 aromatic heterocycles. The molecule has 26 heavy (non-hydrogen) atoms. The van der Waals surface area contributed by atoms with Crippen molar-refractivity contribution in [2.75, 3.05) is 39.3 Å². The lowest BCUT2D eigenvalue weighted by atomic mass is 10.0. The van der Waals surface area contributed by atoms with E-state index in [1.807, 2.05) is 0 Å². The van der Waals surface area contributed by atoms with Gasteiger partial charge in [-0.1, -0.05) is 41.2 Å². The van der Waals surface area contributed by atoms with E-state index in [2.05, 4.69) is 51.1 Å². The summed E-state index contributed by atoms with van der Waals surface area (Å²) < 4.78 is 1.50. The minimum absolute atomic E-state index is 0.0274. The van der Waals surface area contributed by atoms with Crippen LogP contribution in [0.3, 0.4) is 0 Å². The van der Waals surface area contributed by atoms with Crippen LogP contribution < -0.4 is 0 Å². The maximum atomic E-state index is 10.7. The number of nitrogens with zero attached hydrogens (tertiary/aromatic N) is 5. The van der Waals surface area contributed by atoms with Crippen LogP contribution in [0.15, 0.2) is 30.6 Å². The van der Waals surface area contributed by atoms with Gasteiger partial charge >= 0.3 is 0 Å². The van der Waals surface area contributed by atoms with E-state index in [0.29, 0.717) is 11.5 Å². The molecule has 1 saturated heterocycles. The Morgan fingerprint density at radius 3 is 2.54 bits per heavy atom. The van der Waals surface area contributed by atoms with Crippen LogP contribution in [-0.4, -0.2) is 73.9 Å². The van der Waals surface area contributed by atoms with Crippen molar-refractivity contribution in [2.45, 2.75) is 13.0 Å². The number of hydrogen-bond donors (Lipinski definition) is 2. The second-order valence-electron chi connectivity index (χ2n) is 6.66. The number of benzene rings is 1. The van der Waals surface area contributed by atoms with Gasteiger partial charge in [0.15, 0.2) is 0 Å². The Balaban J connectivity index is 1.69.